The van der Waals surface area contributed by atoms with Crippen LogP contribution in [0.3, 0.4) is 0 Å². The molecule has 0 radical (unpaired) electrons. The average molecular weight is 239 g/mol. The summed E-state index contributed by atoms with van der Waals surface area (Å²) < 4.78 is 5.50. The summed E-state index contributed by atoms with van der Waals surface area (Å²) in [6.45, 7) is 6.10. The number of carbonyl (C=O) groups excluding carboxylic acids is 1. The van der Waals surface area contributed by atoms with Gasteiger partial charge in [0.2, 0.25) is 0 Å². The van der Waals surface area contributed by atoms with Crippen LogP contribution in [0.4, 0.5) is 0 Å². The molecule has 0 fully saturated rings. The fourth-order valence-corrected chi connectivity index (χ4v) is 1.59. The van der Waals surface area contributed by atoms with Crippen molar-refractivity contribution in [3.63, 3.8) is 0 Å². The summed E-state index contributed by atoms with van der Waals surface area (Å²) in [6, 6.07) is 1.90. The Balaban J connectivity index is 2.70. The lowest BCUT2D eigenvalue weighted by Crippen LogP contribution is -2.29. The summed E-state index contributed by atoms with van der Waals surface area (Å²) in [6.07, 6.45) is 0.961. The molecule has 1 aromatic rings. The number of amides is 1. The molecule has 1 atom stereocenters. The van der Waals surface area contributed by atoms with Crippen molar-refractivity contribution in [1.82, 2.24) is 4.90 Å². The topological polar surface area (TPSA) is 53.7 Å². The highest BCUT2D eigenvalue weighted by Gasteiger charge is 2.19. The van der Waals surface area contributed by atoms with E-state index in [0.717, 1.165) is 17.7 Å². The molecular formula is C13H21NO3. The Morgan fingerprint density at radius 3 is 2.71 bits per heavy atom. The maximum atomic E-state index is 12.1. The molecule has 96 valence electrons. The Morgan fingerprint density at radius 2 is 2.24 bits per heavy atom. The average Bonchev–Trinajstić information content (AvgIpc) is 2.66. The number of hydrogen-bond donors (Lipinski definition) is 1. The monoisotopic (exact) mass is 239 g/mol. The van der Waals surface area contributed by atoms with Crippen molar-refractivity contribution in [2.24, 2.45) is 0 Å². The molecule has 0 spiro atoms. The highest BCUT2D eigenvalue weighted by Crippen LogP contribution is 2.17. The summed E-state index contributed by atoms with van der Waals surface area (Å²) >= 11 is 0. The first-order valence-electron chi connectivity index (χ1n) is 5.98. The molecule has 1 rings (SSSR count). The molecule has 17 heavy (non-hydrogen) atoms. The van der Waals surface area contributed by atoms with Crippen molar-refractivity contribution < 1.29 is 14.3 Å². The maximum Gasteiger partial charge on any atom is 0.289 e. The van der Waals surface area contributed by atoms with Gasteiger partial charge in [-0.05, 0) is 26.3 Å². The number of hydrogen-bond acceptors (Lipinski definition) is 3. The molecule has 4 heteroatoms. The summed E-state index contributed by atoms with van der Waals surface area (Å²) in [7, 11) is 1.72. The second kappa shape index (κ2) is 5.87. The highest BCUT2D eigenvalue weighted by atomic mass is 16.4. The Bertz CT molecular complexity index is 382. The van der Waals surface area contributed by atoms with Gasteiger partial charge in [0.05, 0.1) is 6.10 Å². The van der Waals surface area contributed by atoms with Gasteiger partial charge >= 0.3 is 0 Å². The third-order valence-electron chi connectivity index (χ3n) is 2.74. The molecule has 0 aliphatic heterocycles. The third-order valence-corrected chi connectivity index (χ3v) is 2.74. The van der Waals surface area contributed by atoms with E-state index in [4.69, 9.17) is 4.42 Å². The van der Waals surface area contributed by atoms with Crippen molar-refractivity contribution in [2.75, 3.05) is 13.6 Å². The highest BCUT2D eigenvalue weighted by molar-refractivity contribution is 5.92. The minimum atomic E-state index is -0.394. The van der Waals surface area contributed by atoms with Crippen LogP contribution < -0.4 is 0 Å². The van der Waals surface area contributed by atoms with Gasteiger partial charge in [-0.3, -0.25) is 4.79 Å². The number of furan rings is 1. The molecule has 0 aromatic carbocycles. The summed E-state index contributed by atoms with van der Waals surface area (Å²) in [4.78, 5) is 13.6. The molecule has 1 amide bonds. The predicted molar refractivity (Wildman–Crippen MR) is 66.1 cm³/mol. The molecule has 0 aliphatic rings. The van der Waals surface area contributed by atoms with E-state index >= 15 is 0 Å². The normalized spacial score (nSPS) is 12.5. The SMILES string of the molecule is CCc1cc(C)c(C(=O)N(C)CCC(C)O)o1. The van der Waals surface area contributed by atoms with Gasteiger partial charge in [0.15, 0.2) is 5.76 Å². The maximum absolute atomic E-state index is 12.1. The van der Waals surface area contributed by atoms with Crippen LogP contribution in [0.15, 0.2) is 10.5 Å². The largest absolute Gasteiger partial charge is 0.456 e. The molecular weight excluding hydrogens is 218 g/mol. The molecule has 1 heterocycles. The second-order valence-electron chi connectivity index (χ2n) is 4.44. The third kappa shape index (κ3) is 3.60. The van der Waals surface area contributed by atoms with Crippen LogP contribution in [-0.2, 0) is 6.42 Å². The zero-order chi connectivity index (χ0) is 13.0. The summed E-state index contributed by atoms with van der Waals surface area (Å²) in [5.74, 6) is 1.12. The lowest BCUT2D eigenvalue weighted by Gasteiger charge is -2.16. The number of aryl methyl sites for hydroxylation is 2. The van der Waals surface area contributed by atoms with Gasteiger partial charge < -0.3 is 14.4 Å². The molecule has 4 nitrogen and oxygen atoms in total. The first kappa shape index (κ1) is 13.8. The summed E-state index contributed by atoms with van der Waals surface area (Å²) in [5, 5.41) is 9.19. The van der Waals surface area contributed by atoms with Crippen molar-refractivity contribution in [2.45, 2.75) is 39.7 Å². The van der Waals surface area contributed by atoms with E-state index in [9.17, 15) is 9.90 Å². The summed E-state index contributed by atoms with van der Waals surface area (Å²) in [5.41, 5.74) is 0.871. The fourth-order valence-electron chi connectivity index (χ4n) is 1.59. The lowest BCUT2D eigenvalue weighted by atomic mass is 10.2. The molecule has 1 N–H and O–H groups in total. The zero-order valence-corrected chi connectivity index (χ0v) is 11.0. The van der Waals surface area contributed by atoms with Gasteiger partial charge in [-0.1, -0.05) is 6.92 Å². The van der Waals surface area contributed by atoms with Crippen molar-refractivity contribution in [3.05, 3.63) is 23.2 Å². The van der Waals surface area contributed by atoms with E-state index in [1.807, 2.05) is 19.9 Å². The van der Waals surface area contributed by atoms with Gasteiger partial charge in [-0.2, -0.15) is 0 Å². The zero-order valence-electron chi connectivity index (χ0n) is 11.0. The van der Waals surface area contributed by atoms with E-state index in [2.05, 4.69) is 0 Å². The van der Waals surface area contributed by atoms with Crippen molar-refractivity contribution in [3.8, 4) is 0 Å². The molecule has 0 bridgehead atoms. The van der Waals surface area contributed by atoms with Crippen LogP contribution in [0, 0.1) is 6.92 Å². The number of carbonyl (C=O) groups is 1. The van der Waals surface area contributed by atoms with Crippen LogP contribution >= 0.6 is 0 Å². The second-order valence-corrected chi connectivity index (χ2v) is 4.44. The van der Waals surface area contributed by atoms with Crippen molar-refractivity contribution >= 4 is 5.91 Å². The van der Waals surface area contributed by atoms with E-state index < -0.39 is 6.10 Å². The van der Waals surface area contributed by atoms with Gasteiger partial charge in [0, 0.05) is 25.6 Å². The van der Waals surface area contributed by atoms with Crippen LogP contribution in [0.5, 0.6) is 0 Å². The standard InChI is InChI=1S/C13H21NO3/c1-5-11-8-9(2)12(17-11)13(16)14(4)7-6-10(3)15/h8,10,15H,5-7H2,1-4H3. The first-order chi connectivity index (χ1) is 7.95. The Hall–Kier alpha value is -1.29. The predicted octanol–water partition coefficient (Wildman–Crippen LogP) is 1.99. The molecule has 1 unspecified atom stereocenters. The fraction of sp³-hybridized carbons (Fsp3) is 0.615. The Labute approximate surface area is 102 Å². The van der Waals surface area contributed by atoms with E-state index in [0.29, 0.717) is 18.7 Å². The number of rotatable bonds is 5. The van der Waals surface area contributed by atoms with Crippen molar-refractivity contribution in [1.29, 1.82) is 0 Å². The first-order valence-corrected chi connectivity index (χ1v) is 5.98. The van der Waals surface area contributed by atoms with Gasteiger partial charge in [-0.25, -0.2) is 0 Å². The van der Waals surface area contributed by atoms with E-state index in [1.165, 1.54) is 0 Å². The Morgan fingerprint density at radius 1 is 1.59 bits per heavy atom. The van der Waals surface area contributed by atoms with Gasteiger partial charge in [0.1, 0.15) is 5.76 Å². The van der Waals surface area contributed by atoms with Crippen LogP contribution in [0.25, 0.3) is 0 Å². The quantitative estimate of drug-likeness (QED) is 0.855. The van der Waals surface area contributed by atoms with Gasteiger partial charge in [0.25, 0.3) is 5.91 Å². The molecule has 1 aromatic heterocycles. The Kier molecular flexibility index (Phi) is 4.75. The minimum absolute atomic E-state index is 0.122. The molecule has 0 saturated heterocycles. The number of aliphatic hydroxyl groups excluding tert-OH is 1. The minimum Gasteiger partial charge on any atom is -0.456 e. The van der Waals surface area contributed by atoms with Crippen LogP contribution in [0.1, 0.15) is 42.1 Å². The number of aliphatic hydroxyl groups is 1. The number of nitrogens with zero attached hydrogens (tertiary/aromatic N) is 1. The smallest absolute Gasteiger partial charge is 0.289 e. The van der Waals surface area contributed by atoms with Gasteiger partial charge in [-0.15, -0.1) is 0 Å². The van der Waals surface area contributed by atoms with Crippen LogP contribution in [-0.4, -0.2) is 35.6 Å². The van der Waals surface area contributed by atoms with Crippen LogP contribution in [0.2, 0.25) is 0 Å². The molecule has 0 saturated carbocycles. The van der Waals surface area contributed by atoms with E-state index in [-0.39, 0.29) is 5.91 Å². The van der Waals surface area contributed by atoms with E-state index in [1.54, 1.807) is 18.9 Å². The lowest BCUT2D eigenvalue weighted by molar-refractivity contribution is 0.0735. The molecule has 0 aliphatic carbocycles.